The average Bonchev–Trinajstić information content (AvgIpc) is 1.93. The molecule has 11 heavy (non-hydrogen) atoms. The van der Waals surface area contributed by atoms with Gasteiger partial charge in [-0.1, -0.05) is 0 Å². The Hall–Kier alpha value is -1.45. The Morgan fingerprint density at radius 2 is 2.00 bits per heavy atom. The third-order valence-corrected chi connectivity index (χ3v) is 1.57. The highest BCUT2D eigenvalue weighted by molar-refractivity contribution is 6.19. The van der Waals surface area contributed by atoms with Crippen molar-refractivity contribution in [2.45, 2.75) is 0 Å². The standard InChI is InChI=1S/C7H4F2N2/c8-3-1-4-6(5(9)2-3)11-7(4)10/h1-2H,(H2,10,11). The van der Waals surface area contributed by atoms with Gasteiger partial charge in [0.05, 0.1) is 5.69 Å². The molecular formula is C7H4F2N2. The monoisotopic (exact) mass is 154 g/mol. The topological polar surface area (TPSA) is 35.9 Å². The number of amidine groups is 1. The molecule has 0 unspecified atom stereocenters. The van der Waals surface area contributed by atoms with Crippen LogP contribution in [0.3, 0.4) is 0 Å². The van der Waals surface area contributed by atoms with Crippen LogP contribution in [0.15, 0.2) is 12.1 Å². The first-order chi connectivity index (χ1) is 5.18. The molecule has 0 aliphatic carbocycles. The van der Waals surface area contributed by atoms with Crippen molar-refractivity contribution in [1.82, 2.24) is 0 Å². The number of benzene rings is 1. The molecule has 0 atom stereocenters. The fraction of sp³-hybridized carbons (Fsp3) is 0. The van der Waals surface area contributed by atoms with Crippen LogP contribution < -0.4 is 5.32 Å². The van der Waals surface area contributed by atoms with Gasteiger partial charge in [0.15, 0.2) is 0 Å². The van der Waals surface area contributed by atoms with Gasteiger partial charge in [-0.3, -0.25) is 5.41 Å². The molecule has 0 aromatic heterocycles. The van der Waals surface area contributed by atoms with E-state index < -0.39 is 11.6 Å². The lowest BCUT2D eigenvalue weighted by molar-refractivity contribution is 0.584. The number of fused-ring (bicyclic) bond motifs is 1. The number of hydrogen-bond donors (Lipinski definition) is 2. The zero-order valence-corrected chi connectivity index (χ0v) is 5.41. The first-order valence-electron chi connectivity index (χ1n) is 3.03. The van der Waals surface area contributed by atoms with Gasteiger partial charge in [0, 0.05) is 11.6 Å². The van der Waals surface area contributed by atoms with Crippen LogP contribution in [0, 0.1) is 17.0 Å². The van der Waals surface area contributed by atoms with Crippen molar-refractivity contribution < 1.29 is 8.78 Å². The minimum absolute atomic E-state index is 0.0680. The van der Waals surface area contributed by atoms with Gasteiger partial charge >= 0.3 is 0 Å². The maximum Gasteiger partial charge on any atom is 0.150 e. The van der Waals surface area contributed by atoms with Crippen molar-refractivity contribution in [3.05, 3.63) is 29.3 Å². The lowest BCUT2D eigenvalue weighted by Crippen LogP contribution is -2.26. The van der Waals surface area contributed by atoms with Crippen molar-refractivity contribution in [2.24, 2.45) is 0 Å². The molecule has 2 rings (SSSR count). The van der Waals surface area contributed by atoms with Crippen molar-refractivity contribution in [2.75, 3.05) is 5.32 Å². The molecule has 1 aromatic carbocycles. The fourth-order valence-corrected chi connectivity index (χ4v) is 1.03. The molecule has 0 radical (unpaired) electrons. The molecule has 1 aliphatic heterocycles. The molecule has 1 heterocycles. The van der Waals surface area contributed by atoms with Gasteiger partial charge in [-0.15, -0.1) is 0 Å². The summed E-state index contributed by atoms with van der Waals surface area (Å²) >= 11 is 0. The van der Waals surface area contributed by atoms with Crippen LogP contribution in [-0.2, 0) is 0 Å². The molecule has 2 N–H and O–H groups in total. The highest BCUT2D eigenvalue weighted by Crippen LogP contribution is 2.29. The molecule has 0 saturated heterocycles. The maximum absolute atomic E-state index is 12.7. The molecule has 56 valence electrons. The molecule has 0 saturated carbocycles. The van der Waals surface area contributed by atoms with E-state index in [1.807, 2.05) is 0 Å². The summed E-state index contributed by atoms with van der Waals surface area (Å²) < 4.78 is 25.1. The summed E-state index contributed by atoms with van der Waals surface area (Å²) in [7, 11) is 0. The van der Waals surface area contributed by atoms with Gasteiger partial charge in [0.25, 0.3) is 0 Å². The number of hydrogen-bond acceptors (Lipinski definition) is 1. The molecule has 2 nitrogen and oxygen atoms in total. The smallest absolute Gasteiger partial charge is 0.150 e. The summed E-state index contributed by atoms with van der Waals surface area (Å²) in [6.45, 7) is 0. The van der Waals surface area contributed by atoms with Crippen LogP contribution in [0.2, 0.25) is 0 Å². The minimum atomic E-state index is -0.646. The summed E-state index contributed by atoms with van der Waals surface area (Å²) in [6.07, 6.45) is 0. The summed E-state index contributed by atoms with van der Waals surface area (Å²) in [5, 5.41) is 9.48. The summed E-state index contributed by atoms with van der Waals surface area (Å²) in [5.41, 5.74) is 0.527. The predicted molar refractivity (Wildman–Crippen MR) is 36.8 cm³/mol. The fourth-order valence-electron chi connectivity index (χ4n) is 1.03. The van der Waals surface area contributed by atoms with Crippen molar-refractivity contribution in [3.63, 3.8) is 0 Å². The van der Waals surface area contributed by atoms with E-state index in [1.54, 1.807) is 0 Å². The highest BCUT2D eigenvalue weighted by Gasteiger charge is 2.23. The van der Waals surface area contributed by atoms with E-state index in [2.05, 4.69) is 5.32 Å². The third kappa shape index (κ3) is 0.721. The minimum Gasteiger partial charge on any atom is -0.337 e. The van der Waals surface area contributed by atoms with E-state index in [0.717, 1.165) is 12.1 Å². The summed E-state index contributed by atoms with van der Waals surface area (Å²) in [6, 6.07) is 1.93. The zero-order valence-electron chi connectivity index (χ0n) is 5.41. The van der Waals surface area contributed by atoms with E-state index in [-0.39, 0.29) is 11.5 Å². The lowest BCUT2D eigenvalue weighted by atomic mass is 10.0. The van der Waals surface area contributed by atoms with E-state index in [9.17, 15) is 8.78 Å². The zero-order chi connectivity index (χ0) is 8.01. The summed E-state index contributed by atoms with van der Waals surface area (Å²) in [5.74, 6) is -1.22. The lowest BCUT2D eigenvalue weighted by Gasteiger charge is -2.22. The van der Waals surface area contributed by atoms with Gasteiger partial charge < -0.3 is 5.32 Å². The van der Waals surface area contributed by atoms with Crippen molar-refractivity contribution in [1.29, 1.82) is 5.41 Å². The Balaban J connectivity index is 2.67. The number of anilines is 1. The quantitative estimate of drug-likeness (QED) is 0.586. The average molecular weight is 154 g/mol. The summed E-state index contributed by atoms with van der Waals surface area (Å²) in [4.78, 5) is 0. The molecule has 4 heteroatoms. The predicted octanol–water partition coefficient (Wildman–Crippen LogP) is 1.72. The Kier molecular flexibility index (Phi) is 1.01. The van der Waals surface area contributed by atoms with Gasteiger partial charge in [-0.25, -0.2) is 8.78 Å². The Bertz CT molecular complexity index is 347. The van der Waals surface area contributed by atoms with Crippen molar-refractivity contribution >= 4 is 11.5 Å². The first-order valence-corrected chi connectivity index (χ1v) is 3.03. The van der Waals surface area contributed by atoms with Gasteiger partial charge in [0.2, 0.25) is 0 Å². The molecule has 0 spiro atoms. The van der Waals surface area contributed by atoms with Crippen molar-refractivity contribution in [3.8, 4) is 0 Å². The molecule has 0 fully saturated rings. The van der Waals surface area contributed by atoms with Gasteiger partial charge in [-0.2, -0.15) is 0 Å². The molecule has 1 aromatic rings. The molecular weight excluding hydrogens is 150 g/mol. The number of halogens is 2. The molecule has 0 bridgehead atoms. The van der Waals surface area contributed by atoms with Crippen LogP contribution in [0.5, 0.6) is 0 Å². The molecule has 0 amide bonds. The van der Waals surface area contributed by atoms with E-state index in [4.69, 9.17) is 5.41 Å². The maximum atomic E-state index is 12.7. The normalized spacial score (nSPS) is 13.5. The van der Waals surface area contributed by atoms with Crippen LogP contribution in [0.4, 0.5) is 14.5 Å². The third-order valence-electron chi connectivity index (χ3n) is 1.57. The second-order valence-corrected chi connectivity index (χ2v) is 2.31. The second-order valence-electron chi connectivity index (χ2n) is 2.31. The van der Waals surface area contributed by atoms with Crippen LogP contribution in [-0.4, -0.2) is 5.84 Å². The largest absolute Gasteiger partial charge is 0.337 e. The number of rotatable bonds is 0. The van der Waals surface area contributed by atoms with Crippen LogP contribution >= 0.6 is 0 Å². The Morgan fingerprint density at radius 3 is 2.64 bits per heavy atom. The molecule has 1 aliphatic rings. The Morgan fingerprint density at radius 1 is 1.27 bits per heavy atom. The Labute approximate surface area is 61.4 Å². The van der Waals surface area contributed by atoms with E-state index >= 15 is 0 Å². The van der Waals surface area contributed by atoms with Gasteiger partial charge in [-0.05, 0) is 6.07 Å². The van der Waals surface area contributed by atoms with Crippen LogP contribution in [0.25, 0.3) is 0 Å². The number of nitrogens with one attached hydrogen (secondary N) is 2. The van der Waals surface area contributed by atoms with E-state index in [0.29, 0.717) is 5.56 Å². The SMILES string of the molecule is N=C1Nc2c(F)cc(F)cc21. The highest BCUT2D eigenvalue weighted by atomic mass is 19.1. The van der Waals surface area contributed by atoms with E-state index in [1.165, 1.54) is 0 Å². The van der Waals surface area contributed by atoms with Crippen LogP contribution in [0.1, 0.15) is 5.56 Å². The second kappa shape index (κ2) is 1.78. The first kappa shape index (κ1) is 6.27. The van der Waals surface area contributed by atoms with Gasteiger partial charge in [0.1, 0.15) is 17.5 Å².